The predicted octanol–water partition coefficient (Wildman–Crippen LogP) is 1.96. The molecule has 0 heterocycles. The molecule has 0 saturated heterocycles. The Morgan fingerprint density at radius 2 is 2.21 bits per heavy atom. The second-order valence-corrected chi connectivity index (χ2v) is 6.26. The molecule has 0 bridgehead atoms. The molecule has 3 heteroatoms. The molecule has 1 aromatic carbocycles. The number of benzene rings is 1. The Kier molecular flexibility index (Phi) is 2.90. The van der Waals surface area contributed by atoms with Crippen molar-refractivity contribution in [2.75, 3.05) is 0 Å². The molecule has 3 nitrogen and oxygen atoms in total. The maximum atomic E-state index is 12.2. The van der Waals surface area contributed by atoms with Gasteiger partial charge in [-0.15, -0.1) is 0 Å². The van der Waals surface area contributed by atoms with E-state index in [4.69, 9.17) is 5.73 Å². The third-order valence-electron chi connectivity index (χ3n) is 4.62. The molecule has 3 rings (SSSR count). The van der Waals surface area contributed by atoms with Gasteiger partial charge < -0.3 is 11.1 Å². The van der Waals surface area contributed by atoms with E-state index in [0.717, 1.165) is 19.3 Å². The molecule has 0 radical (unpaired) electrons. The minimum Gasteiger partial charge on any atom is -0.351 e. The lowest BCUT2D eigenvalue weighted by Crippen LogP contribution is -2.52. The summed E-state index contributed by atoms with van der Waals surface area (Å²) in [5, 5.41) is 3.16. The lowest BCUT2D eigenvalue weighted by Gasteiger charge is -2.23. The maximum absolute atomic E-state index is 12.2. The van der Waals surface area contributed by atoms with Gasteiger partial charge in [0, 0.05) is 12.0 Å². The number of fused-ring (bicyclic) bond motifs is 3. The average molecular weight is 258 g/mol. The molecular formula is C16H22N2O. The number of rotatable bonds is 4. The molecule has 0 aromatic heterocycles. The van der Waals surface area contributed by atoms with Crippen LogP contribution in [0.2, 0.25) is 0 Å². The first-order valence-corrected chi connectivity index (χ1v) is 7.22. The smallest absolute Gasteiger partial charge is 0.240 e. The van der Waals surface area contributed by atoms with Gasteiger partial charge in [0.2, 0.25) is 5.91 Å². The minimum absolute atomic E-state index is 0.00577. The van der Waals surface area contributed by atoms with Crippen molar-refractivity contribution < 1.29 is 4.79 Å². The molecular weight excluding hydrogens is 236 g/mol. The first-order chi connectivity index (χ1) is 9.04. The number of hydrogen-bond donors (Lipinski definition) is 2. The molecule has 0 aliphatic heterocycles. The Morgan fingerprint density at radius 3 is 2.95 bits per heavy atom. The van der Waals surface area contributed by atoms with Gasteiger partial charge >= 0.3 is 0 Å². The van der Waals surface area contributed by atoms with E-state index >= 15 is 0 Å². The lowest BCUT2D eigenvalue weighted by molar-refractivity contribution is -0.126. The Bertz CT molecular complexity index is 509. The van der Waals surface area contributed by atoms with Gasteiger partial charge in [-0.25, -0.2) is 0 Å². The van der Waals surface area contributed by atoms with Gasteiger partial charge in [-0.3, -0.25) is 4.79 Å². The van der Waals surface area contributed by atoms with E-state index in [1.165, 1.54) is 11.1 Å². The van der Waals surface area contributed by atoms with Crippen LogP contribution >= 0.6 is 0 Å². The Morgan fingerprint density at radius 1 is 1.47 bits per heavy atom. The second-order valence-electron chi connectivity index (χ2n) is 6.26. The van der Waals surface area contributed by atoms with Gasteiger partial charge in [0.25, 0.3) is 0 Å². The van der Waals surface area contributed by atoms with E-state index in [2.05, 4.69) is 36.5 Å². The van der Waals surface area contributed by atoms with Crippen molar-refractivity contribution in [1.29, 1.82) is 0 Å². The zero-order valence-electron chi connectivity index (χ0n) is 11.6. The number of nitrogens with two attached hydrogens (primary N) is 1. The van der Waals surface area contributed by atoms with Crippen LogP contribution in [0.25, 0.3) is 0 Å². The topological polar surface area (TPSA) is 55.1 Å². The van der Waals surface area contributed by atoms with Gasteiger partial charge in [0.1, 0.15) is 0 Å². The summed E-state index contributed by atoms with van der Waals surface area (Å²) in [5.74, 6) is 1.13. The number of amides is 1. The van der Waals surface area contributed by atoms with Crippen LogP contribution in [-0.4, -0.2) is 17.5 Å². The van der Waals surface area contributed by atoms with Crippen molar-refractivity contribution in [2.45, 2.75) is 50.6 Å². The molecule has 2 aliphatic rings. The summed E-state index contributed by atoms with van der Waals surface area (Å²) in [6.45, 7) is 3.89. The summed E-state index contributed by atoms with van der Waals surface area (Å²) in [6.07, 6.45) is 2.76. The fraction of sp³-hybridized carbons (Fsp3) is 0.562. The molecule has 1 amide bonds. The Hall–Kier alpha value is -1.35. The van der Waals surface area contributed by atoms with E-state index in [0.29, 0.717) is 17.9 Å². The van der Waals surface area contributed by atoms with Crippen LogP contribution in [0, 0.1) is 5.92 Å². The van der Waals surface area contributed by atoms with Crippen LogP contribution in [0.5, 0.6) is 0 Å². The standard InChI is InChI=1S/C16H22N2O/c1-3-8-16(2,17)15(19)18-14-12-9-10-6-4-5-7-11(10)13(12)14/h4-7,12-14H,3,8-9,17H2,1-2H3,(H,18,19). The number of carbonyl (C=O) groups excluding carboxylic acids is 1. The molecule has 0 spiro atoms. The summed E-state index contributed by atoms with van der Waals surface area (Å²) in [4.78, 5) is 12.2. The molecule has 1 fully saturated rings. The van der Waals surface area contributed by atoms with Gasteiger partial charge in [-0.05, 0) is 36.8 Å². The predicted molar refractivity (Wildman–Crippen MR) is 75.8 cm³/mol. The van der Waals surface area contributed by atoms with Gasteiger partial charge in [-0.2, -0.15) is 0 Å². The third-order valence-corrected chi connectivity index (χ3v) is 4.62. The maximum Gasteiger partial charge on any atom is 0.240 e. The lowest BCUT2D eigenvalue weighted by atomic mass is 9.96. The zero-order valence-corrected chi connectivity index (χ0v) is 11.6. The Balaban J connectivity index is 1.65. The van der Waals surface area contributed by atoms with Crippen molar-refractivity contribution in [3.8, 4) is 0 Å². The summed E-state index contributed by atoms with van der Waals surface area (Å²) >= 11 is 0. The third kappa shape index (κ3) is 2.06. The van der Waals surface area contributed by atoms with Crippen molar-refractivity contribution in [3.63, 3.8) is 0 Å². The molecule has 1 aromatic rings. The number of hydrogen-bond acceptors (Lipinski definition) is 2. The van der Waals surface area contributed by atoms with Gasteiger partial charge in [0.05, 0.1) is 5.54 Å². The van der Waals surface area contributed by atoms with Crippen LogP contribution in [0.3, 0.4) is 0 Å². The molecule has 4 unspecified atom stereocenters. The minimum atomic E-state index is -0.731. The van der Waals surface area contributed by atoms with Gasteiger partial charge in [-0.1, -0.05) is 37.6 Å². The first kappa shape index (κ1) is 12.7. The molecule has 4 atom stereocenters. The highest BCUT2D eigenvalue weighted by molar-refractivity contribution is 5.86. The van der Waals surface area contributed by atoms with E-state index in [-0.39, 0.29) is 5.91 Å². The normalized spacial score (nSPS) is 30.2. The molecule has 102 valence electrons. The van der Waals surface area contributed by atoms with E-state index in [1.54, 1.807) is 0 Å². The number of carbonyl (C=O) groups is 1. The second kappa shape index (κ2) is 4.34. The van der Waals surface area contributed by atoms with Crippen LogP contribution in [0.15, 0.2) is 24.3 Å². The number of nitrogens with one attached hydrogen (secondary N) is 1. The van der Waals surface area contributed by atoms with Crippen molar-refractivity contribution in [3.05, 3.63) is 35.4 Å². The highest BCUT2D eigenvalue weighted by Gasteiger charge is 2.56. The van der Waals surface area contributed by atoms with E-state index in [1.807, 2.05) is 6.92 Å². The fourth-order valence-corrected chi connectivity index (χ4v) is 3.50. The summed E-state index contributed by atoms with van der Waals surface area (Å²) < 4.78 is 0. The zero-order chi connectivity index (χ0) is 13.6. The van der Waals surface area contributed by atoms with Crippen LogP contribution in [0.4, 0.5) is 0 Å². The van der Waals surface area contributed by atoms with Crippen LogP contribution in [0.1, 0.15) is 43.7 Å². The molecule has 2 aliphatic carbocycles. The van der Waals surface area contributed by atoms with Crippen LogP contribution < -0.4 is 11.1 Å². The van der Waals surface area contributed by atoms with Crippen molar-refractivity contribution >= 4 is 5.91 Å². The Labute approximate surface area is 114 Å². The molecule has 1 saturated carbocycles. The first-order valence-electron chi connectivity index (χ1n) is 7.22. The molecule has 19 heavy (non-hydrogen) atoms. The highest BCUT2D eigenvalue weighted by atomic mass is 16.2. The fourth-order valence-electron chi connectivity index (χ4n) is 3.50. The summed E-state index contributed by atoms with van der Waals surface area (Å²) in [5.41, 5.74) is 8.22. The van der Waals surface area contributed by atoms with Gasteiger partial charge in [0.15, 0.2) is 0 Å². The van der Waals surface area contributed by atoms with Crippen molar-refractivity contribution in [2.24, 2.45) is 11.7 Å². The highest BCUT2D eigenvalue weighted by Crippen LogP contribution is 2.56. The quantitative estimate of drug-likeness (QED) is 0.867. The van der Waals surface area contributed by atoms with Crippen LogP contribution in [-0.2, 0) is 11.2 Å². The molecule has 3 N–H and O–H groups in total. The average Bonchev–Trinajstić information content (AvgIpc) is 2.88. The SMILES string of the molecule is CCCC(C)(N)C(=O)NC1C2Cc3ccccc3C21. The summed E-state index contributed by atoms with van der Waals surface area (Å²) in [7, 11) is 0. The largest absolute Gasteiger partial charge is 0.351 e. The van der Waals surface area contributed by atoms with Crippen molar-refractivity contribution in [1.82, 2.24) is 5.32 Å². The van der Waals surface area contributed by atoms with E-state index in [9.17, 15) is 4.79 Å². The summed E-state index contributed by atoms with van der Waals surface area (Å²) in [6, 6.07) is 8.88. The monoisotopic (exact) mass is 258 g/mol. The van der Waals surface area contributed by atoms with E-state index < -0.39 is 5.54 Å².